The van der Waals surface area contributed by atoms with E-state index >= 15 is 0 Å². The summed E-state index contributed by atoms with van der Waals surface area (Å²) in [6.07, 6.45) is -4.79. The van der Waals surface area contributed by atoms with Crippen molar-refractivity contribution < 1.29 is 32.4 Å². The molecule has 0 spiro atoms. The third-order valence-electron chi connectivity index (χ3n) is 2.70. The Balaban J connectivity index is 2.74. The zero-order chi connectivity index (χ0) is 18.3. The largest absolute Gasteiger partial charge is 0.469 e. The van der Waals surface area contributed by atoms with E-state index in [9.17, 15) is 32.9 Å². The molecule has 0 fully saturated rings. The van der Waals surface area contributed by atoms with Crippen LogP contribution >= 0.6 is 11.8 Å². The Morgan fingerprint density at radius 2 is 2.04 bits per heavy atom. The zero-order valence-corrected chi connectivity index (χ0v) is 13.2. The maximum atomic E-state index is 12.9. The Bertz CT molecular complexity index is 637. The van der Waals surface area contributed by atoms with Crippen LogP contribution < -0.4 is 5.32 Å². The number of methoxy groups -OCH3 is 1. The fourth-order valence-electron chi connectivity index (χ4n) is 1.60. The van der Waals surface area contributed by atoms with Gasteiger partial charge in [-0.1, -0.05) is 0 Å². The van der Waals surface area contributed by atoms with Crippen LogP contribution in [0.5, 0.6) is 0 Å². The van der Waals surface area contributed by atoms with Crippen LogP contribution in [0.25, 0.3) is 0 Å². The summed E-state index contributed by atoms with van der Waals surface area (Å²) in [5, 5.41) is 12.6. The van der Waals surface area contributed by atoms with Crippen LogP contribution in [0, 0.1) is 10.1 Å². The minimum Gasteiger partial charge on any atom is -0.469 e. The van der Waals surface area contributed by atoms with Crippen LogP contribution in [0.1, 0.15) is 12.0 Å². The number of carbonyl (C=O) groups excluding carboxylic acids is 2. The molecule has 0 radical (unpaired) electrons. The molecule has 7 nitrogen and oxygen atoms in total. The van der Waals surface area contributed by atoms with Gasteiger partial charge in [0.1, 0.15) is 0 Å². The number of rotatable bonds is 7. The first-order chi connectivity index (χ1) is 11.1. The molecule has 0 aliphatic rings. The lowest BCUT2D eigenvalue weighted by molar-refractivity contribution is -0.385. The highest BCUT2D eigenvalue weighted by molar-refractivity contribution is 7.99. The van der Waals surface area contributed by atoms with Crippen molar-refractivity contribution in [2.24, 2.45) is 0 Å². The smallest absolute Gasteiger partial charge is 0.418 e. The molecule has 1 aromatic rings. The molecular weight excluding hydrogens is 353 g/mol. The van der Waals surface area contributed by atoms with Gasteiger partial charge in [0.25, 0.3) is 5.69 Å². The molecule has 0 aliphatic carbocycles. The Morgan fingerprint density at radius 1 is 1.38 bits per heavy atom. The van der Waals surface area contributed by atoms with E-state index in [-0.39, 0.29) is 17.9 Å². The Labute approximate surface area is 138 Å². The molecular formula is C13H13F3N2O5S. The number of alkyl halides is 3. The van der Waals surface area contributed by atoms with Crippen LogP contribution in [0.15, 0.2) is 18.2 Å². The monoisotopic (exact) mass is 366 g/mol. The van der Waals surface area contributed by atoms with Crippen molar-refractivity contribution in [1.82, 2.24) is 0 Å². The molecule has 1 amide bonds. The summed E-state index contributed by atoms with van der Waals surface area (Å²) in [6.45, 7) is 0. The minimum atomic E-state index is -4.85. The number of esters is 1. The number of benzene rings is 1. The maximum Gasteiger partial charge on any atom is 0.418 e. The zero-order valence-electron chi connectivity index (χ0n) is 12.4. The number of thioether (sulfide) groups is 1. The molecule has 0 aromatic heterocycles. The van der Waals surface area contributed by atoms with E-state index < -0.39 is 39.9 Å². The number of hydrogen-bond acceptors (Lipinski definition) is 6. The summed E-state index contributed by atoms with van der Waals surface area (Å²) in [4.78, 5) is 32.2. The molecule has 11 heteroatoms. The molecule has 0 atom stereocenters. The minimum absolute atomic E-state index is 0.0692. The first-order valence-corrected chi connectivity index (χ1v) is 7.60. The lowest BCUT2D eigenvalue weighted by atomic mass is 10.1. The van der Waals surface area contributed by atoms with Gasteiger partial charge in [-0.25, -0.2) is 0 Å². The summed E-state index contributed by atoms with van der Waals surface area (Å²) in [5.74, 6) is -1.08. The Kier molecular flexibility index (Phi) is 7.01. The van der Waals surface area contributed by atoms with Gasteiger partial charge < -0.3 is 10.1 Å². The summed E-state index contributed by atoms with van der Waals surface area (Å²) < 4.78 is 43.2. The molecule has 0 unspecified atom stereocenters. The highest BCUT2D eigenvalue weighted by Gasteiger charge is 2.35. The fraction of sp³-hybridized carbons (Fsp3) is 0.385. The average Bonchev–Trinajstić information content (AvgIpc) is 2.50. The van der Waals surface area contributed by atoms with Gasteiger partial charge in [0, 0.05) is 17.9 Å². The number of nitrogens with zero attached hydrogens (tertiary/aromatic N) is 1. The molecule has 0 saturated heterocycles. The second-order valence-electron chi connectivity index (χ2n) is 4.41. The van der Waals surface area contributed by atoms with Crippen molar-refractivity contribution in [2.45, 2.75) is 12.6 Å². The number of amides is 1. The first-order valence-electron chi connectivity index (χ1n) is 6.45. The van der Waals surface area contributed by atoms with Crippen molar-refractivity contribution in [1.29, 1.82) is 0 Å². The van der Waals surface area contributed by atoms with Crippen LogP contribution in [0.2, 0.25) is 0 Å². The summed E-state index contributed by atoms with van der Waals surface area (Å²) >= 11 is 1.04. The number of nitrogens with one attached hydrogen (secondary N) is 1. The van der Waals surface area contributed by atoms with Gasteiger partial charge in [-0.3, -0.25) is 19.7 Å². The van der Waals surface area contributed by atoms with E-state index in [0.717, 1.165) is 23.9 Å². The predicted octanol–water partition coefficient (Wildman–Crippen LogP) is 2.85. The third kappa shape index (κ3) is 6.07. The lowest BCUT2D eigenvalue weighted by Gasteiger charge is -2.13. The number of anilines is 1. The molecule has 0 bridgehead atoms. The van der Waals surface area contributed by atoms with Crippen LogP contribution in [0.4, 0.5) is 24.5 Å². The average molecular weight is 366 g/mol. The molecule has 1 aromatic carbocycles. The topological polar surface area (TPSA) is 98.5 Å². The fourth-order valence-corrected chi connectivity index (χ4v) is 2.31. The summed E-state index contributed by atoms with van der Waals surface area (Å²) in [7, 11) is 1.22. The number of non-ortho nitro benzene ring substituents is 1. The lowest BCUT2D eigenvalue weighted by Crippen LogP contribution is -2.18. The summed E-state index contributed by atoms with van der Waals surface area (Å²) in [5.41, 5.74) is -2.59. The summed E-state index contributed by atoms with van der Waals surface area (Å²) in [6, 6.07) is 2.06. The van der Waals surface area contributed by atoms with E-state index in [2.05, 4.69) is 10.1 Å². The number of nitro groups is 1. The normalized spacial score (nSPS) is 11.0. The van der Waals surface area contributed by atoms with Crippen LogP contribution in [-0.2, 0) is 20.5 Å². The molecule has 132 valence electrons. The SMILES string of the molecule is COC(=O)CCSCC(=O)Nc1ccc([N+](=O)[O-])cc1C(F)(F)F. The highest BCUT2D eigenvalue weighted by atomic mass is 32.2. The Morgan fingerprint density at radius 3 is 2.58 bits per heavy atom. The third-order valence-corrected chi connectivity index (χ3v) is 3.66. The predicted molar refractivity (Wildman–Crippen MR) is 80.7 cm³/mol. The molecule has 0 saturated carbocycles. The maximum absolute atomic E-state index is 12.9. The van der Waals surface area contributed by atoms with Gasteiger partial charge in [0.05, 0.1) is 35.5 Å². The van der Waals surface area contributed by atoms with Gasteiger partial charge in [0.2, 0.25) is 5.91 Å². The van der Waals surface area contributed by atoms with Crippen molar-refractivity contribution in [3.05, 3.63) is 33.9 Å². The van der Waals surface area contributed by atoms with E-state index in [4.69, 9.17) is 0 Å². The quantitative estimate of drug-likeness (QED) is 0.345. The van der Waals surface area contributed by atoms with E-state index in [1.165, 1.54) is 7.11 Å². The van der Waals surface area contributed by atoms with Crippen molar-refractivity contribution in [2.75, 3.05) is 23.9 Å². The number of ether oxygens (including phenoxy) is 1. The molecule has 24 heavy (non-hydrogen) atoms. The second kappa shape index (κ2) is 8.52. The second-order valence-corrected chi connectivity index (χ2v) is 5.52. The van der Waals surface area contributed by atoms with Crippen molar-refractivity contribution in [3.63, 3.8) is 0 Å². The van der Waals surface area contributed by atoms with Gasteiger partial charge in [-0.05, 0) is 6.07 Å². The number of carbonyl (C=O) groups is 2. The van der Waals surface area contributed by atoms with Gasteiger partial charge in [-0.15, -0.1) is 0 Å². The molecule has 1 N–H and O–H groups in total. The number of nitro benzene ring substituents is 1. The van der Waals surface area contributed by atoms with Gasteiger partial charge >= 0.3 is 12.1 Å². The van der Waals surface area contributed by atoms with E-state index in [1.54, 1.807) is 0 Å². The number of halogens is 3. The highest BCUT2D eigenvalue weighted by Crippen LogP contribution is 2.37. The first kappa shape index (κ1) is 19.7. The van der Waals surface area contributed by atoms with Crippen molar-refractivity contribution in [3.8, 4) is 0 Å². The molecule has 1 rings (SSSR count). The van der Waals surface area contributed by atoms with E-state index in [0.29, 0.717) is 6.07 Å². The Hall–Kier alpha value is -2.30. The van der Waals surface area contributed by atoms with Crippen molar-refractivity contribution >= 4 is 35.0 Å². The van der Waals surface area contributed by atoms with Crippen LogP contribution in [0.3, 0.4) is 0 Å². The van der Waals surface area contributed by atoms with Crippen LogP contribution in [-0.4, -0.2) is 35.4 Å². The molecule has 0 heterocycles. The standard InChI is InChI=1S/C13H13F3N2O5S/c1-23-12(20)4-5-24-7-11(19)17-10-3-2-8(18(21)22)6-9(10)13(14,15)16/h2-3,6H,4-5,7H2,1H3,(H,17,19). The van der Waals surface area contributed by atoms with Gasteiger partial charge in [-0.2, -0.15) is 24.9 Å². The van der Waals surface area contributed by atoms with Gasteiger partial charge in [0.15, 0.2) is 0 Å². The molecule has 0 aliphatic heterocycles. The van der Waals surface area contributed by atoms with E-state index in [1.807, 2.05) is 0 Å². The number of hydrogen-bond donors (Lipinski definition) is 1.